The van der Waals surface area contributed by atoms with Crippen molar-refractivity contribution < 1.29 is 14.3 Å². The third-order valence-electron chi connectivity index (χ3n) is 4.54. The van der Waals surface area contributed by atoms with E-state index in [2.05, 4.69) is 10.5 Å². The van der Waals surface area contributed by atoms with E-state index in [4.69, 9.17) is 9.47 Å². The molecule has 2 aromatic rings. The fourth-order valence-electron chi connectivity index (χ4n) is 2.95. The third kappa shape index (κ3) is 3.98. The Morgan fingerprint density at radius 2 is 2.19 bits per heavy atom. The summed E-state index contributed by atoms with van der Waals surface area (Å²) in [7, 11) is 3.89. The van der Waals surface area contributed by atoms with E-state index < -0.39 is 0 Å². The van der Waals surface area contributed by atoms with E-state index in [0.29, 0.717) is 25.6 Å². The maximum Gasteiger partial charge on any atom is 0.419 e. The van der Waals surface area contributed by atoms with Gasteiger partial charge in [0.1, 0.15) is 12.7 Å². The van der Waals surface area contributed by atoms with Crippen molar-refractivity contribution in [3.8, 4) is 0 Å². The molecule has 1 fully saturated rings. The van der Waals surface area contributed by atoms with Gasteiger partial charge in [0.2, 0.25) is 5.90 Å². The predicted octanol–water partition coefficient (Wildman–Crippen LogP) is 2.67. The van der Waals surface area contributed by atoms with Crippen LogP contribution in [0.15, 0.2) is 41.0 Å². The number of hydrogen-bond donors (Lipinski definition) is 1. The zero-order chi connectivity index (χ0) is 18.8. The van der Waals surface area contributed by atoms with E-state index >= 15 is 0 Å². The zero-order valence-electron chi connectivity index (χ0n) is 15.6. The summed E-state index contributed by atoms with van der Waals surface area (Å²) in [6.07, 6.45) is 4.00. The number of likely N-dealkylation sites (N-methyl/N-ethyl adjacent to an activating group) is 1. The van der Waals surface area contributed by atoms with Crippen LogP contribution < -0.4 is 5.43 Å². The molecule has 2 aliphatic rings. The monoisotopic (exact) mass is 368 g/mol. The van der Waals surface area contributed by atoms with Crippen molar-refractivity contribution in [3.05, 3.63) is 41.6 Å². The van der Waals surface area contributed by atoms with Crippen LogP contribution in [0.4, 0.5) is 4.79 Å². The van der Waals surface area contributed by atoms with Crippen molar-refractivity contribution in [2.75, 3.05) is 33.8 Å². The summed E-state index contributed by atoms with van der Waals surface area (Å²) in [6, 6.07) is 9.78. The molecule has 1 aliphatic carbocycles. The molecule has 7 nitrogen and oxygen atoms in total. The highest BCUT2D eigenvalue weighted by atomic mass is 16.5. The van der Waals surface area contributed by atoms with Gasteiger partial charge in [-0.1, -0.05) is 18.2 Å². The van der Waals surface area contributed by atoms with Crippen molar-refractivity contribution in [2.24, 2.45) is 5.10 Å². The van der Waals surface area contributed by atoms with Crippen LogP contribution in [0, 0.1) is 0 Å². The highest BCUT2D eigenvalue weighted by Crippen LogP contribution is 2.27. The molecule has 27 heavy (non-hydrogen) atoms. The Bertz CT molecular complexity index is 909. The second-order valence-corrected chi connectivity index (χ2v) is 7.12. The fraction of sp³-hybridized carbons (Fsp3) is 0.400. The van der Waals surface area contributed by atoms with Crippen molar-refractivity contribution in [2.45, 2.75) is 18.9 Å². The SMILES string of the molecule is CN(C)CCOC(=O)n1c(/C=C2\CNN=C2OC2CC2)cc2ccccc21. The van der Waals surface area contributed by atoms with Gasteiger partial charge in [-0.15, -0.1) is 5.10 Å². The van der Waals surface area contributed by atoms with Gasteiger partial charge in [0.25, 0.3) is 0 Å². The van der Waals surface area contributed by atoms with Gasteiger partial charge in [-0.2, -0.15) is 0 Å². The maximum absolute atomic E-state index is 12.8. The van der Waals surface area contributed by atoms with Crippen LogP contribution in [0.2, 0.25) is 0 Å². The average molecular weight is 368 g/mol. The minimum Gasteiger partial charge on any atom is -0.473 e. The Labute approximate surface area is 158 Å². The van der Waals surface area contributed by atoms with Crippen LogP contribution in [0.5, 0.6) is 0 Å². The lowest BCUT2D eigenvalue weighted by atomic mass is 10.2. The quantitative estimate of drug-likeness (QED) is 0.879. The van der Waals surface area contributed by atoms with E-state index in [9.17, 15) is 4.79 Å². The highest BCUT2D eigenvalue weighted by Gasteiger charge is 2.28. The highest BCUT2D eigenvalue weighted by molar-refractivity contribution is 6.01. The molecule has 0 radical (unpaired) electrons. The van der Waals surface area contributed by atoms with E-state index in [1.54, 1.807) is 4.57 Å². The van der Waals surface area contributed by atoms with Crippen molar-refractivity contribution in [1.82, 2.24) is 14.9 Å². The molecular formula is C20H24N4O3. The van der Waals surface area contributed by atoms with Crippen molar-refractivity contribution in [3.63, 3.8) is 0 Å². The molecule has 0 saturated heterocycles. The lowest BCUT2D eigenvalue weighted by Crippen LogP contribution is -2.23. The lowest BCUT2D eigenvalue weighted by molar-refractivity contribution is 0.139. The van der Waals surface area contributed by atoms with Crippen LogP contribution in [-0.4, -0.2) is 61.4 Å². The zero-order valence-corrected chi connectivity index (χ0v) is 15.6. The van der Waals surface area contributed by atoms with Gasteiger partial charge in [-0.3, -0.25) is 0 Å². The van der Waals surface area contributed by atoms with Gasteiger partial charge in [0.15, 0.2) is 0 Å². The number of ether oxygens (including phenoxy) is 2. The fourth-order valence-corrected chi connectivity index (χ4v) is 2.95. The molecule has 1 aliphatic heterocycles. The number of nitrogens with zero attached hydrogens (tertiary/aromatic N) is 3. The molecule has 1 aromatic heterocycles. The topological polar surface area (TPSA) is 68.1 Å². The molecule has 1 saturated carbocycles. The molecule has 142 valence electrons. The van der Waals surface area contributed by atoms with Gasteiger partial charge >= 0.3 is 6.09 Å². The Balaban J connectivity index is 1.64. The summed E-state index contributed by atoms with van der Waals surface area (Å²) >= 11 is 0. The summed E-state index contributed by atoms with van der Waals surface area (Å²) in [5.74, 6) is 0.621. The predicted molar refractivity (Wildman–Crippen MR) is 105 cm³/mol. The average Bonchev–Trinajstić information content (AvgIpc) is 3.22. The summed E-state index contributed by atoms with van der Waals surface area (Å²) in [6.45, 7) is 1.60. The van der Waals surface area contributed by atoms with Crippen LogP contribution in [0.3, 0.4) is 0 Å². The normalized spacial score (nSPS) is 18.0. The van der Waals surface area contributed by atoms with E-state index in [0.717, 1.165) is 35.0 Å². The Morgan fingerprint density at radius 3 is 2.96 bits per heavy atom. The Morgan fingerprint density at radius 1 is 1.37 bits per heavy atom. The van der Waals surface area contributed by atoms with Crippen LogP contribution in [-0.2, 0) is 9.47 Å². The smallest absolute Gasteiger partial charge is 0.419 e. The second-order valence-electron chi connectivity index (χ2n) is 7.12. The maximum atomic E-state index is 12.8. The first kappa shape index (κ1) is 17.6. The molecule has 0 bridgehead atoms. The molecule has 1 aromatic carbocycles. The number of hydrogen-bond acceptors (Lipinski definition) is 6. The van der Waals surface area contributed by atoms with Gasteiger partial charge in [0, 0.05) is 17.5 Å². The number of hydrazone groups is 1. The molecule has 7 heteroatoms. The van der Waals surface area contributed by atoms with Crippen molar-refractivity contribution in [1.29, 1.82) is 0 Å². The lowest BCUT2D eigenvalue weighted by Gasteiger charge is -2.12. The first-order chi connectivity index (χ1) is 13.1. The first-order valence-corrected chi connectivity index (χ1v) is 9.22. The van der Waals surface area contributed by atoms with Crippen LogP contribution in [0.25, 0.3) is 17.0 Å². The van der Waals surface area contributed by atoms with Gasteiger partial charge in [-0.05, 0) is 45.1 Å². The van der Waals surface area contributed by atoms with Gasteiger partial charge in [-0.25, -0.2) is 9.36 Å². The van der Waals surface area contributed by atoms with Crippen LogP contribution >= 0.6 is 0 Å². The van der Waals surface area contributed by atoms with E-state index in [-0.39, 0.29) is 12.2 Å². The molecular weight excluding hydrogens is 344 g/mol. The Hall–Kier alpha value is -2.80. The summed E-state index contributed by atoms with van der Waals surface area (Å²) in [4.78, 5) is 14.8. The molecule has 0 atom stereocenters. The number of fused-ring (bicyclic) bond motifs is 1. The summed E-state index contributed by atoms with van der Waals surface area (Å²) in [5.41, 5.74) is 5.49. The number of carbonyl (C=O) groups is 1. The molecule has 0 spiro atoms. The molecule has 0 amide bonds. The number of para-hydroxylation sites is 1. The number of nitrogens with one attached hydrogen (secondary N) is 1. The molecule has 2 heterocycles. The second kappa shape index (κ2) is 7.44. The standard InChI is InChI=1S/C20H24N4O3/c1-23(2)9-10-26-20(25)24-16(11-14-5-3-4-6-18(14)24)12-15-13-21-22-19(15)27-17-7-8-17/h3-6,11-12,17,21H,7-10,13H2,1-2H3/b15-12+. The minimum absolute atomic E-state index is 0.272. The third-order valence-corrected chi connectivity index (χ3v) is 4.54. The molecule has 1 N–H and O–H groups in total. The van der Waals surface area contributed by atoms with Gasteiger partial charge < -0.3 is 19.8 Å². The minimum atomic E-state index is -0.377. The van der Waals surface area contributed by atoms with E-state index in [1.165, 1.54) is 0 Å². The molecule has 4 rings (SSSR count). The van der Waals surface area contributed by atoms with Crippen LogP contribution in [0.1, 0.15) is 18.5 Å². The Kier molecular flexibility index (Phi) is 4.85. The summed E-state index contributed by atoms with van der Waals surface area (Å²) < 4.78 is 13.0. The number of carbonyl (C=O) groups excluding carboxylic acids is 1. The van der Waals surface area contributed by atoms with Crippen molar-refractivity contribution >= 4 is 29.0 Å². The van der Waals surface area contributed by atoms with E-state index in [1.807, 2.05) is 55.4 Å². The number of benzene rings is 1. The number of rotatable bonds is 5. The largest absolute Gasteiger partial charge is 0.473 e. The number of aromatic nitrogens is 1. The summed E-state index contributed by atoms with van der Waals surface area (Å²) in [5, 5.41) is 5.22. The first-order valence-electron chi connectivity index (χ1n) is 9.22. The van der Waals surface area contributed by atoms with Gasteiger partial charge in [0.05, 0.1) is 17.8 Å². The molecule has 0 unspecified atom stereocenters.